The highest BCUT2D eigenvalue weighted by molar-refractivity contribution is 6.22. The van der Waals surface area contributed by atoms with E-state index >= 15 is 0 Å². The molecule has 209 valence electrons. The average molecular weight is 535 g/mol. The molecule has 0 fully saturated rings. The van der Waals surface area contributed by atoms with Gasteiger partial charge in [-0.15, -0.1) is 0 Å². The van der Waals surface area contributed by atoms with Crippen molar-refractivity contribution in [2.75, 3.05) is 0 Å². The van der Waals surface area contributed by atoms with Crippen molar-refractivity contribution >= 4 is 40.5 Å². The third-order valence-electron chi connectivity index (χ3n) is 5.52. The van der Waals surface area contributed by atoms with Gasteiger partial charge in [0.05, 0.1) is 0 Å². The number of hydrogen-bond donors (Lipinski definition) is 0. The van der Waals surface area contributed by atoms with Crippen LogP contribution in [0.2, 0.25) is 20.5 Å². The predicted molar refractivity (Wildman–Crippen MR) is 179 cm³/mol. The molecule has 0 atom stereocenters. The Balaban J connectivity index is 0.000000563. The molecule has 0 unspecified atom stereocenters. The van der Waals surface area contributed by atoms with Gasteiger partial charge in [0.15, 0.2) is 11.9 Å². The Morgan fingerprint density at radius 3 is 1.62 bits per heavy atom. The summed E-state index contributed by atoms with van der Waals surface area (Å²) >= 11 is 0. The minimum atomic E-state index is 0. The lowest BCUT2D eigenvalue weighted by molar-refractivity contribution is -0.531. The molecule has 3 heterocycles. The van der Waals surface area contributed by atoms with E-state index in [0.717, 1.165) is 0 Å². The summed E-state index contributed by atoms with van der Waals surface area (Å²) in [7, 11) is 6.11. The minimum Gasteiger partial charge on any atom is -0.292 e. The van der Waals surface area contributed by atoms with Crippen LogP contribution in [-0.4, -0.2) is 22.2 Å². The average Bonchev–Trinajstić information content (AvgIpc) is 2.95. The van der Waals surface area contributed by atoms with E-state index in [1.165, 1.54) is 16.8 Å². The molecular weight excluding hydrogens is 483 g/mol. The molecule has 3 aromatic heterocycles. The first-order valence-electron chi connectivity index (χ1n) is 14.1. The number of hydrogen-bond acceptors (Lipinski definition) is 0. The maximum atomic E-state index is 2.20. The van der Waals surface area contributed by atoms with Crippen molar-refractivity contribution in [3.05, 3.63) is 108 Å². The summed E-state index contributed by atoms with van der Waals surface area (Å²) in [5.74, 6) is 1.83. The lowest BCUT2D eigenvalue weighted by Gasteiger charge is -1.96. The van der Waals surface area contributed by atoms with Gasteiger partial charge in [-0.05, 0) is 62.0 Å². The summed E-state index contributed by atoms with van der Waals surface area (Å²) in [5, 5.41) is 0. The van der Waals surface area contributed by atoms with Gasteiger partial charge in [0.25, 0.3) is 0 Å². The van der Waals surface area contributed by atoms with Crippen molar-refractivity contribution in [2.24, 2.45) is 17.8 Å². The van der Waals surface area contributed by atoms with Gasteiger partial charge in [-0.25, -0.2) is 0 Å². The van der Waals surface area contributed by atoms with Gasteiger partial charge in [-0.1, -0.05) is 79.3 Å². The SMILES string of the molecule is C.C[B][n+]1ccc(/C=C/C(C)C)cc1.C[B][n+]1cccc(/C=C/C(C)C)c1.C[B][n+]1ccccc1/C=C/C(C)C. The number of rotatable bonds is 9. The zero-order valence-corrected chi connectivity index (χ0v) is 25.7. The minimum absolute atomic E-state index is 0. The van der Waals surface area contributed by atoms with Crippen molar-refractivity contribution in [1.82, 2.24) is 0 Å². The van der Waals surface area contributed by atoms with Crippen LogP contribution in [0.4, 0.5) is 0 Å². The quantitative estimate of drug-likeness (QED) is 0.259. The Kier molecular flexibility index (Phi) is 20.0. The maximum absolute atomic E-state index is 2.20. The molecule has 0 N–H and O–H groups in total. The van der Waals surface area contributed by atoms with E-state index in [0.29, 0.717) is 17.8 Å². The first-order valence-corrected chi connectivity index (χ1v) is 14.1. The normalized spacial score (nSPS) is 10.8. The van der Waals surface area contributed by atoms with Crippen LogP contribution in [0.1, 0.15) is 65.8 Å². The van der Waals surface area contributed by atoms with Crippen LogP contribution < -0.4 is 13.4 Å². The molecular formula is C34H52B3N3+3. The largest absolute Gasteiger partial charge is 0.536 e. The third kappa shape index (κ3) is 16.7. The topological polar surface area (TPSA) is 11.6 Å². The van der Waals surface area contributed by atoms with Crippen LogP contribution in [-0.2, 0) is 0 Å². The van der Waals surface area contributed by atoms with Crippen LogP contribution in [0.15, 0.2) is 91.7 Å². The van der Waals surface area contributed by atoms with Crippen LogP contribution in [0.3, 0.4) is 0 Å². The molecule has 0 saturated carbocycles. The Morgan fingerprint density at radius 2 is 1.10 bits per heavy atom. The number of pyridine rings is 3. The fraction of sp³-hybridized carbons (Fsp3) is 0.382. The van der Waals surface area contributed by atoms with Gasteiger partial charge in [-0.2, -0.15) is 0 Å². The van der Waals surface area contributed by atoms with Crippen molar-refractivity contribution in [3.63, 3.8) is 0 Å². The summed E-state index contributed by atoms with van der Waals surface area (Å²) in [6.45, 7) is 19.2. The van der Waals surface area contributed by atoms with Gasteiger partial charge in [0.1, 0.15) is 24.8 Å². The monoisotopic (exact) mass is 535 g/mol. The number of aromatic nitrogens is 3. The zero-order chi connectivity index (χ0) is 29.0. The fourth-order valence-electron chi connectivity index (χ4n) is 3.25. The van der Waals surface area contributed by atoms with Crippen LogP contribution in [0, 0.1) is 17.8 Å². The molecule has 3 aromatic rings. The third-order valence-corrected chi connectivity index (χ3v) is 5.52. The predicted octanol–water partition coefficient (Wildman–Crippen LogP) is 7.11. The smallest absolute Gasteiger partial charge is 0.292 e. The molecule has 0 saturated heterocycles. The summed E-state index contributed by atoms with van der Waals surface area (Å²) < 4.78 is 6.20. The molecule has 0 aliphatic carbocycles. The Morgan fingerprint density at radius 1 is 0.550 bits per heavy atom. The molecule has 3 radical (unpaired) electrons. The molecule has 0 amide bonds. The highest BCUT2D eigenvalue weighted by Gasteiger charge is 2.05. The number of nitrogens with zero attached hydrogens (tertiary/aromatic N) is 3. The van der Waals surface area contributed by atoms with Crippen LogP contribution >= 0.6 is 0 Å². The molecule has 0 aliphatic heterocycles. The first kappa shape index (κ1) is 36.9. The highest BCUT2D eigenvalue weighted by Crippen LogP contribution is 2.03. The van der Waals surface area contributed by atoms with Gasteiger partial charge in [0, 0.05) is 35.9 Å². The zero-order valence-electron chi connectivity index (χ0n) is 25.7. The van der Waals surface area contributed by atoms with Crippen molar-refractivity contribution < 1.29 is 13.4 Å². The molecule has 6 heteroatoms. The second-order valence-corrected chi connectivity index (χ2v) is 10.3. The van der Waals surface area contributed by atoms with E-state index in [1.54, 1.807) is 0 Å². The summed E-state index contributed by atoms with van der Waals surface area (Å²) in [6.07, 6.45) is 23.4. The molecule has 0 spiro atoms. The van der Waals surface area contributed by atoms with E-state index in [-0.39, 0.29) is 7.43 Å². The van der Waals surface area contributed by atoms with Crippen LogP contribution in [0.5, 0.6) is 0 Å². The number of allylic oxidation sites excluding steroid dienone is 3. The molecule has 3 rings (SSSR count). The van der Waals surface area contributed by atoms with E-state index in [9.17, 15) is 0 Å². The first-order chi connectivity index (χ1) is 18.7. The fourth-order valence-corrected chi connectivity index (χ4v) is 3.25. The maximum Gasteiger partial charge on any atom is 0.536 e. The van der Waals surface area contributed by atoms with Gasteiger partial charge in [0.2, 0.25) is 0 Å². The Labute approximate surface area is 249 Å². The van der Waals surface area contributed by atoms with E-state index in [2.05, 4.69) is 156 Å². The van der Waals surface area contributed by atoms with E-state index in [4.69, 9.17) is 0 Å². The Bertz CT molecular complexity index is 1150. The van der Waals surface area contributed by atoms with Crippen molar-refractivity contribution in [1.29, 1.82) is 0 Å². The van der Waals surface area contributed by atoms with E-state index in [1.807, 2.05) is 52.0 Å². The summed E-state index contributed by atoms with van der Waals surface area (Å²) in [5.41, 5.74) is 3.72. The second-order valence-electron chi connectivity index (χ2n) is 10.3. The molecule has 3 nitrogen and oxygen atoms in total. The van der Waals surface area contributed by atoms with Gasteiger partial charge < -0.3 is 0 Å². The Hall–Kier alpha value is -3.14. The highest BCUT2D eigenvalue weighted by atomic mass is 14.9. The lowest BCUT2D eigenvalue weighted by Crippen LogP contribution is -2.40. The standard InChI is InChI=1S/3C11H16BN.CH4/c1-10(2)4-5-11-6-8-13(12-3)9-7-11;1-10(2)6-7-11-5-4-8-13(9-11)12-3;1-10(2)7-8-11-6-4-5-9-13(11)12-3;/h3*4-10H,1-3H3;1H4/q3*+1;/b5-4+;7-6+;8-7+;. The van der Waals surface area contributed by atoms with Crippen LogP contribution in [0.25, 0.3) is 18.2 Å². The van der Waals surface area contributed by atoms with E-state index < -0.39 is 0 Å². The van der Waals surface area contributed by atoms with Crippen molar-refractivity contribution in [2.45, 2.75) is 69.4 Å². The summed E-state index contributed by atoms with van der Waals surface area (Å²) in [6, 6.07) is 14.6. The molecule has 0 aromatic carbocycles. The molecule has 0 bridgehead atoms. The lowest BCUT2D eigenvalue weighted by atomic mass is 9.98. The second kappa shape index (κ2) is 21.7. The molecule has 40 heavy (non-hydrogen) atoms. The van der Waals surface area contributed by atoms with Crippen molar-refractivity contribution in [3.8, 4) is 0 Å². The summed E-state index contributed by atoms with van der Waals surface area (Å²) in [4.78, 5) is 0. The van der Waals surface area contributed by atoms with Gasteiger partial charge in [-0.3, -0.25) is 13.4 Å². The molecule has 0 aliphatic rings. The van der Waals surface area contributed by atoms with Gasteiger partial charge >= 0.3 is 22.2 Å².